The van der Waals surface area contributed by atoms with Crippen molar-refractivity contribution < 1.29 is 23.0 Å². The van der Waals surface area contributed by atoms with E-state index in [1.165, 1.54) is 12.1 Å². The van der Waals surface area contributed by atoms with Crippen molar-refractivity contribution in [3.05, 3.63) is 12.1 Å². The monoisotopic (exact) mass is 361 g/mol. The molecule has 3 N–H and O–H groups in total. The van der Waals surface area contributed by atoms with Crippen LogP contribution in [-0.4, -0.2) is 35.2 Å². The highest BCUT2D eigenvalue weighted by Gasteiger charge is 2.43. The SMILES string of the molecule is CSCC[C@H](N)C(=O)Nc1nc2cc3c(cc2s1)OC(F)(F)O3. The van der Waals surface area contributed by atoms with E-state index < -0.39 is 12.3 Å². The van der Waals surface area contributed by atoms with Gasteiger partial charge in [-0.2, -0.15) is 11.8 Å². The summed E-state index contributed by atoms with van der Waals surface area (Å²) in [5, 5.41) is 2.98. The fourth-order valence-electron chi connectivity index (χ4n) is 2.00. The molecule has 6 nitrogen and oxygen atoms in total. The van der Waals surface area contributed by atoms with Crippen LogP contribution in [0, 0.1) is 0 Å². The van der Waals surface area contributed by atoms with Crippen LogP contribution in [0.2, 0.25) is 0 Å². The van der Waals surface area contributed by atoms with Crippen LogP contribution in [0.3, 0.4) is 0 Å². The van der Waals surface area contributed by atoms with Gasteiger partial charge in [0.2, 0.25) is 5.91 Å². The lowest BCUT2D eigenvalue weighted by Gasteiger charge is -2.09. The third kappa shape index (κ3) is 3.48. The Morgan fingerprint density at radius 2 is 2.17 bits per heavy atom. The maximum Gasteiger partial charge on any atom is 0.586 e. The summed E-state index contributed by atoms with van der Waals surface area (Å²) in [6.07, 6.45) is -1.17. The number of thioether (sulfide) groups is 1. The lowest BCUT2D eigenvalue weighted by Crippen LogP contribution is -2.36. The topological polar surface area (TPSA) is 86.5 Å². The number of anilines is 1. The van der Waals surface area contributed by atoms with Crippen LogP contribution >= 0.6 is 23.1 Å². The summed E-state index contributed by atoms with van der Waals surface area (Å²) < 4.78 is 35.4. The molecule has 0 saturated heterocycles. The van der Waals surface area contributed by atoms with Crippen LogP contribution in [0.15, 0.2) is 12.1 Å². The number of fused-ring (bicyclic) bond motifs is 2. The number of nitrogens with zero attached hydrogens (tertiary/aromatic N) is 1. The number of benzene rings is 1. The van der Waals surface area contributed by atoms with Crippen LogP contribution in [0.25, 0.3) is 10.2 Å². The van der Waals surface area contributed by atoms with Gasteiger partial charge in [-0.25, -0.2) is 4.98 Å². The molecule has 2 aromatic rings. The van der Waals surface area contributed by atoms with E-state index in [4.69, 9.17) is 5.73 Å². The third-order valence-corrected chi connectivity index (χ3v) is 4.69. The predicted octanol–water partition coefficient (Wildman–Crippen LogP) is 2.64. The Morgan fingerprint density at radius 1 is 1.48 bits per heavy atom. The van der Waals surface area contributed by atoms with E-state index >= 15 is 0 Å². The highest BCUT2D eigenvalue weighted by Crippen LogP contribution is 2.44. The lowest BCUT2D eigenvalue weighted by atomic mass is 10.2. The number of rotatable bonds is 5. The van der Waals surface area contributed by atoms with Gasteiger partial charge in [-0.1, -0.05) is 11.3 Å². The Kier molecular flexibility index (Phi) is 4.30. The van der Waals surface area contributed by atoms with Crippen LogP contribution in [0.1, 0.15) is 6.42 Å². The average Bonchev–Trinajstić information content (AvgIpc) is 2.98. The second-order valence-corrected chi connectivity index (χ2v) is 6.85. The van der Waals surface area contributed by atoms with Crippen LogP contribution < -0.4 is 20.5 Å². The largest absolute Gasteiger partial charge is 0.586 e. The minimum absolute atomic E-state index is 0.0549. The highest BCUT2D eigenvalue weighted by atomic mass is 32.2. The first-order valence-corrected chi connectivity index (χ1v) is 8.85. The van der Waals surface area contributed by atoms with Crippen molar-refractivity contribution in [1.29, 1.82) is 0 Å². The first-order chi connectivity index (χ1) is 10.9. The van der Waals surface area contributed by atoms with E-state index in [1.807, 2.05) is 6.26 Å². The van der Waals surface area contributed by atoms with Gasteiger partial charge in [0.25, 0.3) is 0 Å². The molecule has 0 unspecified atom stereocenters. The maximum atomic E-state index is 13.0. The number of amides is 1. The molecule has 1 aliphatic rings. The Morgan fingerprint density at radius 3 is 2.87 bits per heavy atom. The van der Waals surface area contributed by atoms with E-state index in [1.54, 1.807) is 11.8 Å². The van der Waals surface area contributed by atoms with E-state index in [0.29, 0.717) is 21.8 Å². The Bertz CT molecular complexity index is 708. The highest BCUT2D eigenvalue weighted by molar-refractivity contribution is 7.98. The summed E-state index contributed by atoms with van der Waals surface area (Å²) in [4.78, 5) is 16.1. The first-order valence-electron chi connectivity index (χ1n) is 6.64. The molecule has 10 heteroatoms. The van der Waals surface area contributed by atoms with Gasteiger partial charge in [-0.15, -0.1) is 8.78 Å². The van der Waals surface area contributed by atoms with Gasteiger partial charge in [-0.05, 0) is 18.4 Å². The molecule has 0 spiro atoms. The molecule has 0 bridgehead atoms. The van der Waals surface area contributed by atoms with Crippen LogP contribution in [0.5, 0.6) is 11.5 Å². The maximum absolute atomic E-state index is 13.0. The molecule has 2 heterocycles. The molecule has 0 radical (unpaired) electrons. The summed E-state index contributed by atoms with van der Waals surface area (Å²) >= 11 is 2.76. The normalized spacial score (nSPS) is 16.5. The minimum atomic E-state index is -3.66. The van der Waals surface area contributed by atoms with Crippen LogP contribution in [0.4, 0.5) is 13.9 Å². The lowest BCUT2D eigenvalue weighted by molar-refractivity contribution is -0.286. The molecule has 1 aromatic heterocycles. The standard InChI is InChI=1S/C13H13F2N3O3S2/c1-22-3-2-6(16)11(19)18-12-17-7-4-8-9(5-10(7)23-12)21-13(14,15)20-8/h4-6H,2-3,16H2,1H3,(H,17,18,19)/t6-/m0/s1. The summed E-state index contributed by atoms with van der Waals surface area (Å²) in [6, 6.07) is 2.14. The van der Waals surface area contributed by atoms with Crippen molar-refractivity contribution in [1.82, 2.24) is 4.98 Å². The van der Waals surface area contributed by atoms with Gasteiger partial charge in [-0.3, -0.25) is 4.79 Å². The number of hydrogen-bond donors (Lipinski definition) is 2. The molecule has 1 aromatic carbocycles. The summed E-state index contributed by atoms with van der Waals surface area (Å²) in [6.45, 7) is 0. The molecular formula is C13H13F2N3O3S2. The number of aromatic nitrogens is 1. The first kappa shape index (κ1) is 16.2. The average molecular weight is 361 g/mol. The number of alkyl halides is 2. The van der Waals surface area contributed by atoms with Gasteiger partial charge in [0, 0.05) is 12.1 Å². The molecule has 124 valence electrons. The predicted molar refractivity (Wildman–Crippen MR) is 85.4 cm³/mol. The van der Waals surface area contributed by atoms with Crippen molar-refractivity contribution in [3.63, 3.8) is 0 Å². The smallest absolute Gasteiger partial charge is 0.395 e. The number of halogens is 2. The van der Waals surface area contributed by atoms with Gasteiger partial charge in [0.1, 0.15) is 0 Å². The number of hydrogen-bond acceptors (Lipinski definition) is 7. The molecule has 1 aliphatic heterocycles. The summed E-state index contributed by atoms with van der Waals surface area (Å²) in [5.74, 6) is 0.317. The molecule has 0 aliphatic carbocycles. The van der Waals surface area contributed by atoms with Crippen molar-refractivity contribution in [2.24, 2.45) is 5.73 Å². The molecule has 1 amide bonds. The van der Waals surface area contributed by atoms with Crippen molar-refractivity contribution in [2.45, 2.75) is 18.8 Å². The van der Waals surface area contributed by atoms with E-state index in [-0.39, 0.29) is 17.4 Å². The molecule has 0 fully saturated rings. The van der Waals surface area contributed by atoms with Gasteiger partial charge in [0.05, 0.1) is 16.3 Å². The van der Waals surface area contributed by atoms with Crippen molar-refractivity contribution >= 4 is 44.4 Å². The molecule has 23 heavy (non-hydrogen) atoms. The third-order valence-electron chi connectivity index (χ3n) is 3.11. The number of thiazole rings is 1. The Labute approximate surface area is 138 Å². The molecule has 1 atom stereocenters. The number of nitrogens with one attached hydrogen (secondary N) is 1. The number of carbonyl (C=O) groups is 1. The second kappa shape index (κ2) is 6.10. The molecule has 0 saturated carbocycles. The number of nitrogens with two attached hydrogens (primary N) is 1. The zero-order valence-electron chi connectivity index (χ0n) is 12.0. The number of ether oxygens (including phenoxy) is 2. The number of carbonyl (C=O) groups excluding carboxylic acids is 1. The Hall–Kier alpha value is -1.65. The zero-order valence-corrected chi connectivity index (χ0v) is 13.6. The minimum Gasteiger partial charge on any atom is -0.395 e. The summed E-state index contributed by atoms with van der Waals surface area (Å²) in [5.41, 5.74) is 6.22. The van der Waals surface area contributed by atoms with Gasteiger partial charge in [0.15, 0.2) is 16.6 Å². The zero-order chi connectivity index (χ0) is 16.6. The molecule has 3 rings (SSSR count). The summed E-state index contributed by atoms with van der Waals surface area (Å²) in [7, 11) is 0. The van der Waals surface area contributed by atoms with E-state index in [9.17, 15) is 13.6 Å². The van der Waals surface area contributed by atoms with E-state index in [0.717, 1.165) is 17.1 Å². The fourth-order valence-corrected chi connectivity index (χ4v) is 3.37. The van der Waals surface area contributed by atoms with E-state index in [2.05, 4.69) is 19.8 Å². The molecular weight excluding hydrogens is 348 g/mol. The van der Waals surface area contributed by atoms with Crippen molar-refractivity contribution in [2.75, 3.05) is 17.3 Å². The van der Waals surface area contributed by atoms with Gasteiger partial charge < -0.3 is 20.5 Å². The van der Waals surface area contributed by atoms with Crippen LogP contribution in [-0.2, 0) is 4.79 Å². The van der Waals surface area contributed by atoms with Crippen molar-refractivity contribution in [3.8, 4) is 11.5 Å². The fraction of sp³-hybridized carbons (Fsp3) is 0.385. The quantitative estimate of drug-likeness (QED) is 0.851. The Balaban J connectivity index is 1.76. The second-order valence-electron chi connectivity index (χ2n) is 4.83. The van der Waals surface area contributed by atoms with Gasteiger partial charge >= 0.3 is 6.29 Å².